The van der Waals surface area contributed by atoms with Gasteiger partial charge in [-0.25, -0.2) is 13.1 Å². The van der Waals surface area contributed by atoms with Crippen LogP contribution in [0.2, 0.25) is 4.34 Å². The Morgan fingerprint density at radius 2 is 2.12 bits per heavy atom. The van der Waals surface area contributed by atoms with Gasteiger partial charge in [-0.15, -0.1) is 11.3 Å². The van der Waals surface area contributed by atoms with Crippen molar-refractivity contribution in [3.8, 4) is 0 Å². The number of thiophene rings is 1. The van der Waals surface area contributed by atoms with Crippen molar-refractivity contribution in [3.05, 3.63) is 16.5 Å². The topological polar surface area (TPSA) is 89.3 Å². The molecule has 1 amide bonds. The minimum absolute atomic E-state index is 0.120. The number of amides is 1. The first-order valence-electron chi connectivity index (χ1n) is 8.38. The molecule has 3 N–H and O–H groups in total. The standard InChI is InChI=1S/C16H23ClN2O3S2/c17-12-4-5-14(23-12)24(21,22)19-15-11-3-1-2-8-16(15,9-6-11)10-7-13(18)20/h4-5,11,15,19H,1-3,6-10H2,(H2,18,20). The quantitative estimate of drug-likeness (QED) is 0.780. The van der Waals surface area contributed by atoms with E-state index in [2.05, 4.69) is 4.72 Å². The van der Waals surface area contributed by atoms with Crippen LogP contribution < -0.4 is 10.5 Å². The number of fused-ring (bicyclic) bond motifs is 2. The number of carbonyl (C=O) groups is 1. The molecule has 3 atom stereocenters. The molecule has 8 heteroatoms. The molecular formula is C16H23ClN2O3S2. The minimum Gasteiger partial charge on any atom is -0.370 e. The Labute approximate surface area is 152 Å². The van der Waals surface area contributed by atoms with Crippen molar-refractivity contribution in [2.24, 2.45) is 17.1 Å². The number of primary amides is 1. The molecule has 1 aromatic heterocycles. The van der Waals surface area contributed by atoms with Crippen LogP contribution in [-0.2, 0) is 14.8 Å². The molecule has 2 bridgehead atoms. The number of carbonyl (C=O) groups excluding carboxylic acids is 1. The summed E-state index contributed by atoms with van der Waals surface area (Å²) in [5.41, 5.74) is 5.20. The van der Waals surface area contributed by atoms with Crippen molar-refractivity contribution >= 4 is 38.9 Å². The zero-order valence-electron chi connectivity index (χ0n) is 13.5. The third-order valence-corrected chi connectivity index (χ3v) is 8.77. The van der Waals surface area contributed by atoms with Crippen LogP contribution in [0.4, 0.5) is 0 Å². The highest BCUT2D eigenvalue weighted by atomic mass is 35.5. The fourth-order valence-electron chi connectivity index (χ4n) is 4.44. The lowest BCUT2D eigenvalue weighted by Gasteiger charge is -2.36. The van der Waals surface area contributed by atoms with E-state index in [0.717, 1.165) is 49.9 Å². The maximum Gasteiger partial charge on any atom is 0.250 e. The van der Waals surface area contributed by atoms with Gasteiger partial charge in [0, 0.05) is 12.5 Å². The Bertz CT molecular complexity index is 719. The molecule has 0 aromatic carbocycles. The maximum atomic E-state index is 12.8. The third-order valence-electron chi connectivity index (χ3n) is 5.61. The molecule has 2 fully saturated rings. The van der Waals surface area contributed by atoms with Crippen LogP contribution in [0.1, 0.15) is 51.4 Å². The van der Waals surface area contributed by atoms with E-state index in [1.807, 2.05) is 0 Å². The lowest BCUT2D eigenvalue weighted by Crippen LogP contribution is -2.47. The van der Waals surface area contributed by atoms with Gasteiger partial charge < -0.3 is 5.73 Å². The lowest BCUT2D eigenvalue weighted by molar-refractivity contribution is -0.118. The Balaban J connectivity index is 1.86. The Morgan fingerprint density at radius 3 is 2.79 bits per heavy atom. The fourth-order valence-corrected chi connectivity index (χ4v) is 7.34. The van der Waals surface area contributed by atoms with Crippen molar-refractivity contribution < 1.29 is 13.2 Å². The summed E-state index contributed by atoms with van der Waals surface area (Å²) in [7, 11) is -3.59. The van der Waals surface area contributed by atoms with E-state index >= 15 is 0 Å². The molecule has 3 unspecified atom stereocenters. The first-order chi connectivity index (χ1) is 11.3. The van der Waals surface area contributed by atoms with Crippen LogP contribution in [0.15, 0.2) is 16.3 Å². The van der Waals surface area contributed by atoms with Crippen LogP contribution in [0.5, 0.6) is 0 Å². The molecule has 2 aliphatic carbocycles. The van der Waals surface area contributed by atoms with Gasteiger partial charge in [0.1, 0.15) is 4.21 Å². The van der Waals surface area contributed by atoms with Gasteiger partial charge >= 0.3 is 0 Å². The number of sulfonamides is 1. The molecule has 2 aliphatic rings. The van der Waals surface area contributed by atoms with Gasteiger partial charge in [0.05, 0.1) is 4.34 Å². The highest BCUT2D eigenvalue weighted by molar-refractivity contribution is 7.91. The summed E-state index contributed by atoms with van der Waals surface area (Å²) >= 11 is 6.96. The normalized spacial score (nSPS) is 30.2. The van der Waals surface area contributed by atoms with Gasteiger partial charge in [0.25, 0.3) is 0 Å². The average molecular weight is 391 g/mol. The van der Waals surface area contributed by atoms with Gasteiger partial charge in [0.2, 0.25) is 15.9 Å². The molecule has 0 aliphatic heterocycles. The summed E-state index contributed by atoms with van der Waals surface area (Å²) in [6.07, 6.45) is 7.14. The van der Waals surface area contributed by atoms with Gasteiger partial charge in [-0.05, 0) is 55.6 Å². The smallest absolute Gasteiger partial charge is 0.250 e. The monoisotopic (exact) mass is 390 g/mol. The first-order valence-corrected chi connectivity index (χ1v) is 11.1. The third kappa shape index (κ3) is 3.64. The minimum atomic E-state index is -3.59. The predicted octanol–water partition coefficient (Wildman–Crippen LogP) is 3.28. The second-order valence-corrected chi connectivity index (χ2v) is 10.7. The zero-order chi connectivity index (χ0) is 17.4. The second kappa shape index (κ2) is 6.94. The summed E-state index contributed by atoms with van der Waals surface area (Å²) in [4.78, 5) is 11.3. The summed E-state index contributed by atoms with van der Waals surface area (Å²) in [5, 5.41) is 0. The van der Waals surface area contributed by atoms with Crippen molar-refractivity contribution in [2.45, 2.75) is 61.6 Å². The predicted molar refractivity (Wildman–Crippen MR) is 95.5 cm³/mol. The summed E-state index contributed by atoms with van der Waals surface area (Å²) in [6, 6.07) is 3.03. The summed E-state index contributed by atoms with van der Waals surface area (Å²) < 4.78 is 29.2. The molecule has 0 saturated heterocycles. The molecule has 2 saturated carbocycles. The molecule has 0 radical (unpaired) electrons. The van der Waals surface area contributed by atoms with E-state index < -0.39 is 10.0 Å². The van der Waals surface area contributed by atoms with Crippen molar-refractivity contribution in [3.63, 3.8) is 0 Å². The summed E-state index contributed by atoms with van der Waals surface area (Å²) in [5.74, 6) is 0.0225. The van der Waals surface area contributed by atoms with Crippen LogP contribution in [0.25, 0.3) is 0 Å². The van der Waals surface area contributed by atoms with Gasteiger partial charge in [0.15, 0.2) is 0 Å². The van der Waals surface area contributed by atoms with Gasteiger partial charge in [-0.3, -0.25) is 4.79 Å². The van der Waals surface area contributed by atoms with Crippen LogP contribution in [0, 0.1) is 11.3 Å². The van der Waals surface area contributed by atoms with E-state index in [1.165, 1.54) is 0 Å². The van der Waals surface area contributed by atoms with Crippen molar-refractivity contribution in [1.29, 1.82) is 0 Å². The second-order valence-electron chi connectivity index (χ2n) is 7.03. The van der Waals surface area contributed by atoms with E-state index in [9.17, 15) is 13.2 Å². The number of nitrogens with two attached hydrogens (primary N) is 1. The fraction of sp³-hybridized carbons (Fsp3) is 0.688. The molecular weight excluding hydrogens is 368 g/mol. The number of hydrogen-bond acceptors (Lipinski definition) is 4. The van der Waals surface area contributed by atoms with E-state index in [4.69, 9.17) is 17.3 Å². The zero-order valence-corrected chi connectivity index (χ0v) is 15.9. The van der Waals surface area contributed by atoms with E-state index in [-0.39, 0.29) is 21.6 Å². The molecule has 134 valence electrons. The maximum absolute atomic E-state index is 12.8. The molecule has 0 spiro atoms. The van der Waals surface area contributed by atoms with E-state index in [1.54, 1.807) is 12.1 Å². The molecule has 24 heavy (non-hydrogen) atoms. The SMILES string of the molecule is NC(=O)CCC12CCCCC(CC1)C2NS(=O)(=O)c1ccc(Cl)s1. The number of hydrogen-bond donors (Lipinski definition) is 2. The number of rotatable bonds is 6. The van der Waals surface area contributed by atoms with Crippen LogP contribution >= 0.6 is 22.9 Å². The highest BCUT2D eigenvalue weighted by Gasteiger charge is 2.50. The number of halogens is 1. The Morgan fingerprint density at radius 1 is 1.33 bits per heavy atom. The van der Waals surface area contributed by atoms with Gasteiger partial charge in [-0.2, -0.15) is 0 Å². The largest absolute Gasteiger partial charge is 0.370 e. The molecule has 1 aromatic rings. The first kappa shape index (κ1) is 18.2. The molecule has 1 heterocycles. The Kier molecular flexibility index (Phi) is 5.25. The molecule has 5 nitrogen and oxygen atoms in total. The van der Waals surface area contributed by atoms with Crippen molar-refractivity contribution in [1.82, 2.24) is 4.72 Å². The van der Waals surface area contributed by atoms with Crippen LogP contribution in [-0.4, -0.2) is 20.4 Å². The number of nitrogens with one attached hydrogen (secondary N) is 1. The Hall–Kier alpha value is -0.630. The van der Waals surface area contributed by atoms with Gasteiger partial charge in [-0.1, -0.05) is 24.4 Å². The lowest BCUT2D eigenvalue weighted by atomic mass is 9.75. The molecule has 3 rings (SSSR count). The van der Waals surface area contributed by atoms with Crippen LogP contribution in [0.3, 0.4) is 0 Å². The summed E-state index contributed by atoms with van der Waals surface area (Å²) in [6.45, 7) is 0. The van der Waals surface area contributed by atoms with E-state index in [0.29, 0.717) is 23.1 Å². The average Bonchev–Trinajstić information content (AvgIpc) is 3.01. The highest BCUT2D eigenvalue weighted by Crippen LogP contribution is 2.53. The van der Waals surface area contributed by atoms with Crippen molar-refractivity contribution in [2.75, 3.05) is 0 Å².